The number of hydrogen-bond acceptors (Lipinski definition) is 7. The van der Waals surface area contributed by atoms with Gasteiger partial charge in [-0.05, 0) is 36.8 Å². The van der Waals surface area contributed by atoms with Gasteiger partial charge in [0.25, 0.3) is 11.1 Å². The molecule has 3 rings (SSSR count). The van der Waals surface area contributed by atoms with Gasteiger partial charge < -0.3 is 13.9 Å². The van der Waals surface area contributed by atoms with Crippen LogP contribution in [0.2, 0.25) is 0 Å². The second-order valence-corrected chi connectivity index (χ2v) is 6.47. The fourth-order valence-electron chi connectivity index (χ4n) is 2.13. The number of thioether (sulfide) groups is 1. The van der Waals surface area contributed by atoms with Gasteiger partial charge in [-0.3, -0.25) is 0 Å². The molecule has 0 aliphatic rings. The number of carbonyl (C=O) groups excluding carboxylic acids is 1. The molecular formula is C19H18N2O4S. The Hall–Kier alpha value is -2.80. The summed E-state index contributed by atoms with van der Waals surface area (Å²) in [5.41, 5.74) is 2.74. The molecule has 6 nitrogen and oxygen atoms in total. The molecule has 0 aliphatic heterocycles. The molecule has 0 saturated carbocycles. The average Bonchev–Trinajstić information content (AvgIpc) is 3.13. The van der Waals surface area contributed by atoms with E-state index in [4.69, 9.17) is 9.15 Å². The lowest BCUT2D eigenvalue weighted by Gasteiger charge is -2.03. The summed E-state index contributed by atoms with van der Waals surface area (Å²) in [6.45, 7) is 2.25. The van der Waals surface area contributed by atoms with E-state index >= 15 is 0 Å². The van der Waals surface area contributed by atoms with Crippen LogP contribution in [0.15, 0.2) is 58.2 Å². The van der Waals surface area contributed by atoms with Crippen molar-refractivity contribution in [3.63, 3.8) is 0 Å². The van der Waals surface area contributed by atoms with E-state index in [-0.39, 0.29) is 12.6 Å². The molecule has 134 valence electrons. The topological polar surface area (TPSA) is 74.5 Å². The van der Waals surface area contributed by atoms with Gasteiger partial charge in [0, 0.05) is 5.75 Å². The SMILES string of the molecule is COC(=O)c1ccc(CSc2nnc(COc3ccc(C)cc3)o2)cc1. The Labute approximate surface area is 155 Å². The first kappa shape index (κ1) is 18.0. The summed E-state index contributed by atoms with van der Waals surface area (Å²) in [6, 6.07) is 15.0. The van der Waals surface area contributed by atoms with E-state index in [1.807, 2.05) is 43.3 Å². The molecule has 0 amide bonds. The van der Waals surface area contributed by atoms with Gasteiger partial charge in [0.05, 0.1) is 12.7 Å². The minimum atomic E-state index is -0.348. The van der Waals surface area contributed by atoms with E-state index in [2.05, 4.69) is 14.9 Å². The van der Waals surface area contributed by atoms with Gasteiger partial charge in [0.2, 0.25) is 0 Å². The highest BCUT2D eigenvalue weighted by atomic mass is 32.2. The number of carbonyl (C=O) groups is 1. The number of nitrogens with zero attached hydrogens (tertiary/aromatic N) is 2. The normalized spacial score (nSPS) is 10.5. The van der Waals surface area contributed by atoms with Crippen molar-refractivity contribution in [2.45, 2.75) is 24.5 Å². The van der Waals surface area contributed by atoms with Crippen molar-refractivity contribution in [3.05, 3.63) is 71.1 Å². The maximum Gasteiger partial charge on any atom is 0.337 e. The Morgan fingerprint density at radius 1 is 1.08 bits per heavy atom. The number of ether oxygens (including phenoxy) is 2. The fourth-order valence-corrected chi connectivity index (χ4v) is 2.87. The van der Waals surface area contributed by atoms with Crippen molar-refractivity contribution in [2.75, 3.05) is 7.11 Å². The van der Waals surface area contributed by atoms with Crippen LogP contribution in [0, 0.1) is 6.92 Å². The van der Waals surface area contributed by atoms with E-state index in [9.17, 15) is 4.79 Å². The van der Waals surface area contributed by atoms with Gasteiger partial charge >= 0.3 is 5.97 Å². The highest BCUT2D eigenvalue weighted by Gasteiger charge is 2.09. The summed E-state index contributed by atoms with van der Waals surface area (Å²) in [4.78, 5) is 11.4. The summed E-state index contributed by atoms with van der Waals surface area (Å²) >= 11 is 1.43. The van der Waals surface area contributed by atoms with Crippen molar-refractivity contribution in [3.8, 4) is 5.75 Å². The third-order valence-electron chi connectivity index (χ3n) is 3.57. The lowest BCUT2D eigenvalue weighted by molar-refractivity contribution is 0.0600. The fraction of sp³-hybridized carbons (Fsp3) is 0.211. The Bertz CT molecular complexity index is 860. The van der Waals surface area contributed by atoms with Crippen LogP contribution >= 0.6 is 11.8 Å². The average molecular weight is 370 g/mol. The molecule has 0 saturated heterocycles. The van der Waals surface area contributed by atoms with Gasteiger partial charge in [0.1, 0.15) is 5.75 Å². The lowest BCUT2D eigenvalue weighted by Crippen LogP contribution is -2.00. The highest BCUT2D eigenvalue weighted by Crippen LogP contribution is 2.22. The van der Waals surface area contributed by atoms with Gasteiger partial charge in [-0.15, -0.1) is 10.2 Å². The summed E-state index contributed by atoms with van der Waals surface area (Å²) in [5.74, 6) is 1.49. The quantitative estimate of drug-likeness (QED) is 0.459. The maximum atomic E-state index is 11.4. The standard InChI is InChI=1S/C19H18N2O4S/c1-13-3-9-16(10-4-13)24-11-17-20-21-19(25-17)26-12-14-5-7-15(8-6-14)18(22)23-2/h3-10H,11-12H2,1-2H3. The number of rotatable bonds is 7. The van der Waals surface area contributed by atoms with Crippen molar-refractivity contribution in [1.29, 1.82) is 0 Å². The molecule has 0 unspecified atom stereocenters. The lowest BCUT2D eigenvalue weighted by atomic mass is 10.1. The number of aromatic nitrogens is 2. The predicted molar refractivity (Wildman–Crippen MR) is 97.2 cm³/mol. The summed E-state index contributed by atoms with van der Waals surface area (Å²) < 4.78 is 15.9. The largest absolute Gasteiger partial charge is 0.484 e. The molecule has 26 heavy (non-hydrogen) atoms. The van der Waals surface area contributed by atoms with Crippen LogP contribution in [0.1, 0.15) is 27.4 Å². The smallest absolute Gasteiger partial charge is 0.337 e. The number of methoxy groups -OCH3 is 1. The molecule has 2 aromatic carbocycles. The molecule has 0 radical (unpaired) electrons. The predicted octanol–water partition coefficient (Wildman–Crippen LogP) is 4.04. The Balaban J connectivity index is 1.50. The zero-order valence-corrected chi connectivity index (χ0v) is 15.3. The number of aryl methyl sites for hydroxylation is 1. The zero-order chi connectivity index (χ0) is 18.4. The molecule has 0 fully saturated rings. The Morgan fingerprint density at radius 3 is 2.50 bits per heavy atom. The van der Waals surface area contributed by atoms with E-state index in [1.165, 1.54) is 24.4 Å². The van der Waals surface area contributed by atoms with Gasteiger partial charge in [-0.25, -0.2) is 4.79 Å². The van der Waals surface area contributed by atoms with Crippen LogP contribution in [0.4, 0.5) is 0 Å². The first-order valence-electron chi connectivity index (χ1n) is 7.96. The first-order valence-corrected chi connectivity index (χ1v) is 8.94. The first-order chi connectivity index (χ1) is 12.6. The second-order valence-electron chi connectivity index (χ2n) is 5.54. The minimum Gasteiger partial charge on any atom is -0.484 e. The molecule has 1 aromatic heterocycles. The third kappa shape index (κ3) is 4.86. The Morgan fingerprint density at radius 2 is 1.81 bits per heavy atom. The molecule has 1 heterocycles. The van der Waals surface area contributed by atoms with Crippen molar-refractivity contribution in [1.82, 2.24) is 10.2 Å². The van der Waals surface area contributed by atoms with Gasteiger partial charge in [-0.2, -0.15) is 0 Å². The third-order valence-corrected chi connectivity index (χ3v) is 4.46. The van der Waals surface area contributed by atoms with E-state index < -0.39 is 0 Å². The minimum absolute atomic E-state index is 0.227. The van der Waals surface area contributed by atoms with Crippen LogP contribution in [-0.2, 0) is 17.1 Å². The molecule has 7 heteroatoms. The molecule has 0 aliphatic carbocycles. The van der Waals surface area contributed by atoms with Crippen molar-refractivity contribution < 1.29 is 18.7 Å². The van der Waals surface area contributed by atoms with Gasteiger partial charge in [-0.1, -0.05) is 41.6 Å². The van der Waals surface area contributed by atoms with Crippen LogP contribution < -0.4 is 4.74 Å². The molecule has 3 aromatic rings. The van der Waals surface area contributed by atoms with E-state index in [1.54, 1.807) is 12.1 Å². The zero-order valence-electron chi connectivity index (χ0n) is 14.5. The molecular weight excluding hydrogens is 352 g/mol. The van der Waals surface area contributed by atoms with Gasteiger partial charge in [0.15, 0.2) is 6.61 Å². The summed E-state index contributed by atoms with van der Waals surface area (Å²) in [5, 5.41) is 8.47. The number of hydrogen-bond donors (Lipinski definition) is 0. The van der Waals surface area contributed by atoms with Crippen molar-refractivity contribution in [2.24, 2.45) is 0 Å². The molecule has 0 atom stereocenters. The van der Waals surface area contributed by atoms with Crippen LogP contribution in [0.25, 0.3) is 0 Å². The molecule has 0 bridgehead atoms. The second kappa shape index (κ2) is 8.53. The van der Waals surface area contributed by atoms with Crippen LogP contribution in [0.5, 0.6) is 5.75 Å². The molecule has 0 N–H and O–H groups in total. The monoisotopic (exact) mass is 370 g/mol. The summed E-state index contributed by atoms with van der Waals surface area (Å²) in [7, 11) is 1.36. The highest BCUT2D eigenvalue weighted by molar-refractivity contribution is 7.98. The maximum absolute atomic E-state index is 11.4. The van der Waals surface area contributed by atoms with Crippen molar-refractivity contribution >= 4 is 17.7 Å². The van der Waals surface area contributed by atoms with E-state index in [0.717, 1.165) is 11.3 Å². The van der Waals surface area contributed by atoms with Crippen LogP contribution in [-0.4, -0.2) is 23.3 Å². The number of esters is 1. The Kier molecular flexibility index (Phi) is 5.91. The number of benzene rings is 2. The van der Waals surface area contributed by atoms with Crippen LogP contribution in [0.3, 0.4) is 0 Å². The summed E-state index contributed by atoms with van der Waals surface area (Å²) in [6.07, 6.45) is 0. The van der Waals surface area contributed by atoms with E-state index in [0.29, 0.717) is 22.4 Å². The molecule has 0 spiro atoms.